The minimum atomic E-state index is -0.316. The lowest BCUT2D eigenvalue weighted by atomic mass is 10.3. The molecule has 8 heteroatoms. The van der Waals surface area contributed by atoms with Crippen molar-refractivity contribution in [3.05, 3.63) is 36.0 Å². The molecule has 0 saturated carbocycles. The van der Waals surface area contributed by atoms with Crippen molar-refractivity contribution in [3.8, 4) is 5.75 Å². The van der Waals surface area contributed by atoms with Crippen molar-refractivity contribution in [3.63, 3.8) is 0 Å². The number of anilines is 1. The van der Waals surface area contributed by atoms with Gasteiger partial charge in [0.1, 0.15) is 5.75 Å². The van der Waals surface area contributed by atoms with Gasteiger partial charge in [0.25, 0.3) is 5.91 Å². The third-order valence-corrected chi connectivity index (χ3v) is 2.81. The summed E-state index contributed by atoms with van der Waals surface area (Å²) >= 11 is 0. The molecule has 0 unspecified atom stereocenters. The number of aryl methyl sites for hydroxylation is 1. The number of carbonyl (C=O) groups is 2. The molecule has 0 atom stereocenters. The molecule has 1 aromatic carbocycles. The van der Waals surface area contributed by atoms with Crippen LogP contribution in [0.2, 0.25) is 0 Å². The monoisotopic (exact) mass is 318 g/mol. The van der Waals surface area contributed by atoms with Crippen LogP contribution in [0.25, 0.3) is 0 Å². The van der Waals surface area contributed by atoms with Crippen molar-refractivity contribution in [2.24, 2.45) is 0 Å². The van der Waals surface area contributed by atoms with Crippen LogP contribution in [-0.4, -0.2) is 28.6 Å². The Morgan fingerprint density at radius 1 is 1.26 bits per heavy atom. The van der Waals surface area contributed by atoms with E-state index < -0.39 is 0 Å². The van der Waals surface area contributed by atoms with E-state index in [1.54, 1.807) is 38.1 Å². The Hall–Kier alpha value is -2.90. The first kappa shape index (κ1) is 16.5. The number of hydrogen-bond donors (Lipinski definition) is 2. The Kier molecular flexibility index (Phi) is 5.67. The van der Waals surface area contributed by atoms with Crippen LogP contribution in [0.1, 0.15) is 25.1 Å². The molecular formula is C15H18N4O4. The topological polar surface area (TPSA) is 106 Å². The van der Waals surface area contributed by atoms with Crippen LogP contribution in [-0.2, 0) is 16.1 Å². The molecule has 0 spiro atoms. The molecule has 1 aromatic heterocycles. The van der Waals surface area contributed by atoms with Gasteiger partial charge in [0.05, 0.1) is 6.54 Å². The number of benzene rings is 1. The van der Waals surface area contributed by atoms with Crippen molar-refractivity contribution in [2.45, 2.75) is 26.8 Å². The zero-order valence-electron chi connectivity index (χ0n) is 13.0. The predicted molar refractivity (Wildman–Crippen MR) is 81.7 cm³/mol. The molecule has 1 heterocycles. The highest BCUT2D eigenvalue weighted by atomic mass is 16.5. The van der Waals surface area contributed by atoms with Crippen LogP contribution in [0.15, 0.2) is 28.7 Å². The minimum Gasteiger partial charge on any atom is -0.484 e. The second-order valence-electron chi connectivity index (χ2n) is 4.71. The second kappa shape index (κ2) is 7.92. The number of hydrogen-bond acceptors (Lipinski definition) is 6. The van der Waals surface area contributed by atoms with E-state index in [2.05, 4.69) is 20.8 Å². The van der Waals surface area contributed by atoms with E-state index in [9.17, 15) is 9.59 Å². The fraction of sp³-hybridized carbons (Fsp3) is 0.333. The van der Waals surface area contributed by atoms with E-state index in [1.165, 1.54) is 0 Å². The highest BCUT2D eigenvalue weighted by molar-refractivity contribution is 5.90. The van der Waals surface area contributed by atoms with Gasteiger partial charge in [-0.1, -0.05) is 13.0 Å². The van der Waals surface area contributed by atoms with Gasteiger partial charge in [-0.05, 0) is 12.1 Å². The number of amides is 2. The average molecular weight is 318 g/mol. The van der Waals surface area contributed by atoms with Gasteiger partial charge in [-0.25, -0.2) is 0 Å². The van der Waals surface area contributed by atoms with Gasteiger partial charge in [-0.2, -0.15) is 0 Å². The number of nitrogens with one attached hydrogen (secondary N) is 2. The lowest BCUT2D eigenvalue weighted by molar-refractivity contribution is -0.123. The standard InChI is InChI=1S/C15H18N4O4/c1-3-13(20)17-11-5-4-6-12(7-11)22-9-14(21)16-8-15-19-18-10(2)23-15/h4-7H,3,8-9H2,1-2H3,(H,16,21)(H,17,20). The number of nitrogens with zero attached hydrogens (tertiary/aromatic N) is 2. The SMILES string of the molecule is CCC(=O)Nc1cccc(OCC(=O)NCc2nnc(C)o2)c1. The molecule has 0 bridgehead atoms. The summed E-state index contributed by atoms with van der Waals surface area (Å²) < 4.78 is 10.5. The molecule has 0 aliphatic carbocycles. The van der Waals surface area contributed by atoms with E-state index in [0.29, 0.717) is 29.6 Å². The zero-order chi connectivity index (χ0) is 16.7. The van der Waals surface area contributed by atoms with Crippen LogP contribution in [0, 0.1) is 6.92 Å². The molecule has 8 nitrogen and oxygen atoms in total. The van der Waals surface area contributed by atoms with Crippen molar-refractivity contribution < 1.29 is 18.7 Å². The van der Waals surface area contributed by atoms with Crippen LogP contribution < -0.4 is 15.4 Å². The van der Waals surface area contributed by atoms with E-state index in [1.807, 2.05) is 0 Å². The Morgan fingerprint density at radius 3 is 2.78 bits per heavy atom. The van der Waals surface area contributed by atoms with Gasteiger partial charge in [0.2, 0.25) is 17.7 Å². The molecule has 0 radical (unpaired) electrons. The summed E-state index contributed by atoms with van der Waals surface area (Å²) in [6.45, 7) is 3.44. The second-order valence-corrected chi connectivity index (χ2v) is 4.71. The van der Waals surface area contributed by atoms with Crippen molar-refractivity contribution in [1.29, 1.82) is 0 Å². The first-order valence-electron chi connectivity index (χ1n) is 7.15. The zero-order valence-corrected chi connectivity index (χ0v) is 13.0. The first-order valence-corrected chi connectivity index (χ1v) is 7.15. The third-order valence-electron chi connectivity index (χ3n) is 2.81. The first-order chi connectivity index (χ1) is 11.1. The van der Waals surface area contributed by atoms with E-state index >= 15 is 0 Å². The van der Waals surface area contributed by atoms with Crippen LogP contribution >= 0.6 is 0 Å². The molecule has 0 aliphatic rings. The highest BCUT2D eigenvalue weighted by Gasteiger charge is 2.07. The fourth-order valence-corrected chi connectivity index (χ4v) is 1.70. The summed E-state index contributed by atoms with van der Waals surface area (Å²) in [5.74, 6) is 0.859. The third kappa shape index (κ3) is 5.42. The Labute approximate surface area is 133 Å². The van der Waals surface area contributed by atoms with E-state index in [0.717, 1.165) is 0 Å². The maximum absolute atomic E-state index is 11.7. The molecule has 0 fully saturated rings. The smallest absolute Gasteiger partial charge is 0.258 e. The number of carbonyl (C=O) groups excluding carboxylic acids is 2. The summed E-state index contributed by atoms with van der Waals surface area (Å²) in [4.78, 5) is 23.1. The molecule has 2 amide bonds. The number of rotatable bonds is 7. The van der Waals surface area contributed by atoms with Gasteiger partial charge in [0.15, 0.2) is 6.61 Å². The van der Waals surface area contributed by atoms with Crippen molar-refractivity contribution >= 4 is 17.5 Å². The molecule has 2 aromatic rings. The highest BCUT2D eigenvalue weighted by Crippen LogP contribution is 2.17. The van der Waals surface area contributed by atoms with Gasteiger partial charge < -0.3 is 19.8 Å². The van der Waals surface area contributed by atoms with Gasteiger partial charge in [-0.3, -0.25) is 9.59 Å². The van der Waals surface area contributed by atoms with Crippen LogP contribution in [0.5, 0.6) is 5.75 Å². The summed E-state index contributed by atoms with van der Waals surface area (Å²) in [5, 5.41) is 12.8. The number of ether oxygens (including phenoxy) is 1. The van der Waals surface area contributed by atoms with Gasteiger partial charge in [0, 0.05) is 25.1 Å². The van der Waals surface area contributed by atoms with Crippen molar-refractivity contribution in [1.82, 2.24) is 15.5 Å². The van der Waals surface area contributed by atoms with Crippen molar-refractivity contribution in [2.75, 3.05) is 11.9 Å². The molecular weight excluding hydrogens is 300 g/mol. The molecule has 23 heavy (non-hydrogen) atoms. The minimum absolute atomic E-state index is 0.0882. The maximum Gasteiger partial charge on any atom is 0.258 e. The Bertz CT molecular complexity index is 684. The Morgan fingerprint density at radius 2 is 2.09 bits per heavy atom. The van der Waals surface area contributed by atoms with E-state index in [4.69, 9.17) is 9.15 Å². The fourth-order valence-electron chi connectivity index (χ4n) is 1.70. The summed E-state index contributed by atoms with van der Waals surface area (Å²) in [6, 6.07) is 6.84. The molecule has 2 rings (SSSR count). The molecule has 122 valence electrons. The van der Waals surface area contributed by atoms with Gasteiger partial charge in [-0.15, -0.1) is 10.2 Å². The summed E-state index contributed by atoms with van der Waals surface area (Å²) in [7, 11) is 0. The van der Waals surface area contributed by atoms with Crippen LogP contribution in [0.4, 0.5) is 5.69 Å². The lowest BCUT2D eigenvalue weighted by Crippen LogP contribution is -2.28. The number of aromatic nitrogens is 2. The molecule has 0 saturated heterocycles. The molecule has 0 aliphatic heterocycles. The lowest BCUT2D eigenvalue weighted by Gasteiger charge is -2.08. The summed E-state index contributed by atoms with van der Waals surface area (Å²) in [6.07, 6.45) is 0.392. The van der Waals surface area contributed by atoms with Crippen LogP contribution in [0.3, 0.4) is 0 Å². The summed E-state index contributed by atoms with van der Waals surface area (Å²) in [5.41, 5.74) is 0.621. The largest absolute Gasteiger partial charge is 0.484 e. The Balaban J connectivity index is 1.79. The van der Waals surface area contributed by atoms with Gasteiger partial charge >= 0.3 is 0 Å². The normalized spacial score (nSPS) is 10.2. The van der Waals surface area contributed by atoms with E-state index in [-0.39, 0.29) is 25.0 Å². The average Bonchev–Trinajstić information content (AvgIpc) is 2.96. The quantitative estimate of drug-likeness (QED) is 0.799. The molecule has 2 N–H and O–H groups in total. The maximum atomic E-state index is 11.7. The predicted octanol–water partition coefficient (Wildman–Crippen LogP) is 1.42.